The first-order valence-corrected chi connectivity index (χ1v) is 9.63. The Morgan fingerprint density at radius 1 is 1.00 bits per heavy atom. The largest absolute Gasteiger partial charge is 0.573 e. The van der Waals surface area contributed by atoms with Crippen molar-refractivity contribution in [3.05, 3.63) is 102 Å². The maximum atomic E-state index is 13.3. The lowest BCUT2D eigenvalue weighted by Crippen LogP contribution is -2.17. The fourth-order valence-electron chi connectivity index (χ4n) is 3.05. The highest BCUT2D eigenvalue weighted by Gasteiger charge is 2.31. The molecular formula is C24H15F4N3O2. The quantitative estimate of drug-likeness (QED) is 0.208. The van der Waals surface area contributed by atoms with Gasteiger partial charge in [0.2, 0.25) is 0 Å². The van der Waals surface area contributed by atoms with Gasteiger partial charge in [0.15, 0.2) is 5.78 Å². The Balaban J connectivity index is 1.62. The van der Waals surface area contributed by atoms with Crippen molar-refractivity contribution in [2.75, 3.05) is 0 Å². The van der Waals surface area contributed by atoms with Crippen molar-refractivity contribution in [3.8, 4) is 22.7 Å². The number of pyridine rings is 1. The van der Waals surface area contributed by atoms with Crippen LogP contribution < -0.4 is 4.74 Å². The molecule has 0 aliphatic rings. The summed E-state index contributed by atoms with van der Waals surface area (Å²) in [6, 6.07) is 14.0. The lowest BCUT2D eigenvalue weighted by atomic mass is 10.1. The first kappa shape index (κ1) is 21.9. The third-order valence-corrected chi connectivity index (χ3v) is 4.56. The minimum Gasteiger partial charge on any atom is -0.406 e. The summed E-state index contributed by atoms with van der Waals surface area (Å²) in [5.74, 6) is -1.21. The number of halogens is 4. The summed E-state index contributed by atoms with van der Waals surface area (Å²) < 4.78 is 55.5. The van der Waals surface area contributed by atoms with Crippen LogP contribution in [-0.2, 0) is 0 Å². The van der Waals surface area contributed by atoms with E-state index in [1.165, 1.54) is 30.3 Å². The number of ketones is 1. The van der Waals surface area contributed by atoms with E-state index in [2.05, 4.69) is 14.8 Å². The molecule has 5 nitrogen and oxygen atoms in total. The fourth-order valence-corrected chi connectivity index (χ4v) is 3.05. The van der Waals surface area contributed by atoms with Crippen LogP contribution in [0.25, 0.3) is 23.0 Å². The summed E-state index contributed by atoms with van der Waals surface area (Å²) in [6.45, 7) is 0. The Morgan fingerprint density at radius 2 is 1.73 bits per heavy atom. The molecule has 2 aromatic heterocycles. The van der Waals surface area contributed by atoms with E-state index in [0.717, 1.165) is 12.1 Å². The topological polar surface area (TPSA) is 57.0 Å². The van der Waals surface area contributed by atoms with E-state index in [0.29, 0.717) is 22.5 Å². The molecule has 4 rings (SSSR count). The molecule has 0 bridgehead atoms. The second-order valence-corrected chi connectivity index (χ2v) is 6.87. The predicted octanol–water partition coefficient (Wildman–Crippen LogP) is 5.87. The van der Waals surface area contributed by atoms with Crippen LogP contribution in [0.2, 0.25) is 0 Å². The van der Waals surface area contributed by atoms with Crippen molar-refractivity contribution < 1.29 is 27.1 Å². The molecule has 0 radical (unpaired) electrons. The Kier molecular flexibility index (Phi) is 6.03. The van der Waals surface area contributed by atoms with Gasteiger partial charge < -0.3 is 4.74 Å². The molecule has 0 atom stereocenters. The average molecular weight is 453 g/mol. The smallest absolute Gasteiger partial charge is 0.406 e. The third-order valence-electron chi connectivity index (χ3n) is 4.56. The Morgan fingerprint density at radius 3 is 2.36 bits per heavy atom. The number of benzene rings is 2. The highest BCUT2D eigenvalue weighted by Crippen LogP contribution is 2.25. The van der Waals surface area contributed by atoms with Crippen LogP contribution in [0.15, 0.2) is 85.3 Å². The van der Waals surface area contributed by atoms with Crippen LogP contribution in [0.1, 0.15) is 15.9 Å². The molecule has 2 aromatic carbocycles. The van der Waals surface area contributed by atoms with Gasteiger partial charge in [0, 0.05) is 35.3 Å². The van der Waals surface area contributed by atoms with E-state index in [1.54, 1.807) is 47.5 Å². The number of ether oxygens (including phenoxy) is 1. The molecule has 9 heteroatoms. The Labute approximate surface area is 185 Å². The molecule has 4 aromatic rings. The normalized spacial score (nSPS) is 11.6. The van der Waals surface area contributed by atoms with Gasteiger partial charge in [-0.3, -0.25) is 9.78 Å². The summed E-state index contributed by atoms with van der Waals surface area (Å²) in [5.41, 5.74) is 2.66. The van der Waals surface area contributed by atoms with E-state index in [9.17, 15) is 22.4 Å². The predicted molar refractivity (Wildman–Crippen MR) is 113 cm³/mol. The number of aromatic nitrogens is 3. The van der Waals surface area contributed by atoms with Crippen molar-refractivity contribution in [1.82, 2.24) is 14.8 Å². The van der Waals surface area contributed by atoms with E-state index in [1.807, 2.05) is 6.07 Å². The van der Waals surface area contributed by atoms with E-state index in [-0.39, 0.29) is 11.4 Å². The summed E-state index contributed by atoms with van der Waals surface area (Å²) >= 11 is 0. The zero-order valence-electron chi connectivity index (χ0n) is 16.8. The molecule has 0 amide bonds. The average Bonchev–Trinajstić information content (AvgIpc) is 3.22. The number of hydrogen-bond acceptors (Lipinski definition) is 4. The first-order valence-electron chi connectivity index (χ1n) is 9.63. The van der Waals surface area contributed by atoms with Gasteiger partial charge in [0.05, 0.1) is 5.69 Å². The molecule has 166 valence electrons. The second-order valence-electron chi connectivity index (χ2n) is 6.87. The third kappa shape index (κ3) is 5.51. The van der Waals surface area contributed by atoms with Crippen molar-refractivity contribution in [3.63, 3.8) is 0 Å². The number of hydrogen-bond donors (Lipinski definition) is 0. The van der Waals surface area contributed by atoms with Crippen LogP contribution in [0.5, 0.6) is 5.75 Å². The summed E-state index contributed by atoms with van der Waals surface area (Å²) in [7, 11) is 0. The summed E-state index contributed by atoms with van der Waals surface area (Å²) in [4.78, 5) is 16.6. The van der Waals surface area contributed by atoms with Crippen LogP contribution >= 0.6 is 0 Å². The SMILES string of the molecule is O=C(C=Cc1cn(-c2ccc(F)cc2)nc1-c1cccnc1)c1ccc(OC(F)(F)F)cc1. The van der Waals surface area contributed by atoms with Crippen LogP contribution in [0.4, 0.5) is 17.6 Å². The van der Waals surface area contributed by atoms with E-state index in [4.69, 9.17) is 0 Å². The van der Waals surface area contributed by atoms with Crippen LogP contribution in [-0.4, -0.2) is 26.9 Å². The first-order chi connectivity index (χ1) is 15.8. The zero-order chi connectivity index (χ0) is 23.4. The molecule has 0 saturated carbocycles. The van der Waals surface area contributed by atoms with Gasteiger partial charge in [0.25, 0.3) is 0 Å². The Hall–Kier alpha value is -4.27. The summed E-state index contributed by atoms with van der Waals surface area (Å²) in [5, 5.41) is 4.55. The maximum Gasteiger partial charge on any atom is 0.573 e. The van der Waals surface area contributed by atoms with Crippen molar-refractivity contribution >= 4 is 11.9 Å². The van der Waals surface area contributed by atoms with Gasteiger partial charge in [-0.1, -0.05) is 0 Å². The van der Waals surface area contributed by atoms with Gasteiger partial charge in [0.1, 0.15) is 17.3 Å². The maximum absolute atomic E-state index is 13.3. The van der Waals surface area contributed by atoms with Gasteiger partial charge in [-0.15, -0.1) is 13.2 Å². The standard InChI is InChI=1S/C24H15F4N3O2/c25-19-6-8-20(9-7-19)31-15-18(23(30-31)17-2-1-13-29-14-17)5-12-22(32)16-3-10-21(11-4-16)33-24(26,27)28/h1-15H. The van der Waals surface area contributed by atoms with Gasteiger partial charge in [-0.2, -0.15) is 5.10 Å². The van der Waals surface area contributed by atoms with Crippen molar-refractivity contribution in [2.45, 2.75) is 6.36 Å². The molecule has 0 saturated heterocycles. The van der Waals surface area contributed by atoms with Gasteiger partial charge in [-0.05, 0) is 72.8 Å². The molecule has 0 unspecified atom stereocenters. The van der Waals surface area contributed by atoms with Crippen LogP contribution in [0, 0.1) is 5.82 Å². The highest BCUT2D eigenvalue weighted by molar-refractivity contribution is 6.07. The number of nitrogens with zero attached hydrogens (tertiary/aromatic N) is 3. The zero-order valence-corrected chi connectivity index (χ0v) is 16.8. The lowest BCUT2D eigenvalue weighted by Gasteiger charge is -2.08. The number of rotatable bonds is 6. The van der Waals surface area contributed by atoms with E-state index < -0.39 is 17.9 Å². The van der Waals surface area contributed by atoms with Gasteiger partial charge >= 0.3 is 6.36 Å². The molecule has 0 aliphatic heterocycles. The number of allylic oxidation sites excluding steroid dienone is 1. The minimum absolute atomic E-state index is 0.189. The number of carbonyl (C=O) groups excluding carboxylic acids is 1. The molecule has 33 heavy (non-hydrogen) atoms. The molecule has 0 N–H and O–H groups in total. The number of carbonyl (C=O) groups is 1. The van der Waals surface area contributed by atoms with Crippen molar-refractivity contribution in [1.29, 1.82) is 0 Å². The molecule has 0 spiro atoms. The highest BCUT2D eigenvalue weighted by atomic mass is 19.4. The monoisotopic (exact) mass is 453 g/mol. The van der Waals surface area contributed by atoms with Crippen molar-refractivity contribution in [2.24, 2.45) is 0 Å². The second kappa shape index (κ2) is 9.07. The van der Waals surface area contributed by atoms with Crippen LogP contribution in [0.3, 0.4) is 0 Å². The lowest BCUT2D eigenvalue weighted by molar-refractivity contribution is -0.274. The fraction of sp³-hybridized carbons (Fsp3) is 0.0417. The summed E-state index contributed by atoms with van der Waals surface area (Å²) in [6.07, 6.45) is 2.96. The molecule has 0 fully saturated rings. The van der Waals surface area contributed by atoms with E-state index >= 15 is 0 Å². The molecular weight excluding hydrogens is 438 g/mol. The molecule has 2 heterocycles. The minimum atomic E-state index is -4.81. The number of alkyl halides is 3. The van der Waals surface area contributed by atoms with Gasteiger partial charge in [-0.25, -0.2) is 9.07 Å². The molecule has 0 aliphatic carbocycles. The Bertz CT molecular complexity index is 1280.